The van der Waals surface area contributed by atoms with E-state index in [1.165, 1.54) is 19.3 Å². The molecule has 9 heteroatoms. The molecule has 0 radical (unpaired) electrons. The highest BCUT2D eigenvalue weighted by atomic mass is 127. The molecule has 1 fully saturated rings. The molecule has 0 amide bonds. The van der Waals surface area contributed by atoms with Gasteiger partial charge in [0.1, 0.15) is 5.82 Å². The molecule has 0 aliphatic heterocycles. The Hall–Kier alpha value is -1.23. The molecule has 0 bridgehead atoms. The quantitative estimate of drug-likeness (QED) is 0.338. The number of aromatic nitrogens is 3. The van der Waals surface area contributed by atoms with Crippen molar-refractivity contribution in [3.8, 4) is 11.6 Å². The molecule has 138 valence electrons. The number of rotatable bonds is 6. The number of halogens is 1. The zero-order valence-electron chi connectivity index (χ0n) is 14.5. The lowest BCUT2D eigenvalue weighted by Gasteiger charge is -2.17. The summed E-state index contributed by atoms with van der Waals surface area (Å²) in [5, 5.41) is 14.7. The zero-order chi connectivity index (χ0) is 16.8. The minimum atomic E-state index is 0. The van der Waals surface area contributed by atoms with Gasteiger partial charge in [0.05, 0.1) is 6.26 Å². The summed E-state index contributed by atoms with van der Waals surface area (Å²) in [6, 6.07) is 4.19. The van der Waals surface area contributed by atoms with Crippen LogP contribution in [0.15, 0.2) is 27.8 Å². The Balaban J connectivity index is 0.00000225. The number of hydrogen-bond donors (Lipinski definition) is 3. The Labute approximate surface area is 169 Å². The highest BCUT2D eigenvalue weighted by Crippen LogP contribution is 2.27. The number of thioether (sulfide) groups is 1. The van der Waals surface area contributed by atoms with Crippen molar-refractivity contribution in [2.24, 2.45) is 4.99 Å². The first-order valence-corrected chi connectivity index (χ1v) is 9.52. The fourth-order valence-corrected chi connectivity index (χ4v) is 3.69. The standard InChI is InChI=1S/C16H24N6OS.HI/c1-17-16(19-11-5-6-12(10-11)24-2)18-8-7-14-20-15(22-21-14)13-4-3-9-23-13;/h3-4,9,11-12H,5-8,10H2,1-2H3,(H2,17,18,19)(H,20,21,22);1H. The van der Waals surface area contributed by atoms with Gasteiger partial charge < -0.3 is 15.1 Å². The van der Waals surface area contributed by atoms with Crippen molar-refractivity contribution >= 4 is 41.7 Å². The highest BCUT2D eigenvalue weighted by molar-refractivity contribution is 14.0. The fraction of sp³-hybridized carbons (Fsp3) is 0.562. The van der Waals surface area contributed by atoms with E-state index in [0.29, 0.717) is 17.6 Å². The van der Waals surface area contributed by atoms with E-state index in [1.807, 2.05) is 23.9 Å². The Bertz CT molecular complexity index is 659. The number of nitrogens with zero attached hydrogens (tertiary/aromatic N) is 3. The first-order valence-electron chi connectivity index (χ1n) is 8.23. The minimum absolute atomic E-state index is 0. The lowest BCUT2D eigenvalue weighted by molar-refractivity contribution is 0.577. The molecule has 2 heterocycles. The molecule has 2 atom stereocenters. The van der Waals surface area contributed by atoms with Gasteiger partial charge in [-0.15, -0.1) is 24.0 Å². The Morgan fingerprint density at radius 2 is 2.36 bits per heavy atom. The van der Waals surface area contributed by atoms with Crippen LogP contribution in [0.2, 0.25) is 0 Å². The molecule has 3 rings (SSSR count). The van der Waals surface area contributed by atoms with Crippen LogP contribution in [0.3, 0.4) is 0 Å². The van der Waals surface area contributed by atoms with E-state index in [9.17, 15) is 0 Å². The average Bonchev–Trinajstić information content (AvgIpc) is 3.34. The second-order valence-corrected chi connectivity index (χ2v) is 6.98. The number of guanidine groups is 1. The molecule has 1 saturated carbocycles. The van der Waals surface area contributed by atoms with Gasteiger partial charge >= 0.3 is 0 Å². The second-order valence-electron chi connectivity index (χ2n) is 5.84. The van der Waals surface area contributed by atoms with Gasteiger partial charge in [-0.05, 0) is 37.7 Å². The maximum Gasteiger partial charge on any atom is 0.216 e. The number of hydrogen-bond acceptors (Lipinski definition) is 5. The van der Waals surface area contributed by atoms with Crippen LogP contribution in [0.4, 0.5) is 0 Å². The summed E-state index contributed by atoms with van der Waals surface area (Å²) < 4.78 is 5.29. The first-order chi connectivity index (χ1) is 11.8. The van der Waals surface area contributed by atoms with Crippen LogP contribution >= 0.6 is 35.7 Å². The van der Waals surface area contributed by atoms with E-state index in [2.05, 4.69) is 37.1 Å². The van der Waals surface area contributed by atoms with Crippen LogP contribution in [0.1, 0.15) is 25.1 Å². The van der Waals surface area contributed by atoms with Crippen molar-refractivity contribution in [2.45, 2.75) is 37.0 Å². The van der Waals surface area contributed by atoms with Gasteiger partial charge in [-0.3, -0.25) is 10.1 Å². The van der Waals surface area contributed by atoms with Crippen molar-refractivity contribution in [1.82, 2.24) is 25.8 Å². The second kappa shape index (κ2) is 10.0. The van der Waals surface area contributed by atoms with E-state index < -0.39 is 0 Å². The Morgan fingerprint density at radius 1 is 1.48 bits per heavy atom. The molecule has 1 aliphatic rings. The van der Waals surface area contributed by atoms with Gasteiger partial charge in [-0.25, -0.2) is 4.98 Å². The molecule has 1 aliphatic carbocycles. The Kier molecular flexibility index (Phi) is 8.07. The van der Waals surface area contributed by atoms with E-state index in [4.69, 9.17) is 4.42 Å². The summed E-state index contributed by atoms with van der Waals surface area (Å²) in [5.74, 6) is 2.94. The van der Waals surface area contributed by atoms with Gasteiger partial charge in [0.25, 0.3) is 0 Å². The molecule has 2 aromatic rings. The van der Waals surface area contributed by atoms with Gasteiger partial charge in [0.2, 0.25) is 5.82 Å². The molecule has 0 spiro atoms. The van der Waals surface area contributed by atoms with E-state index in [0.717, 1.165) is 30.0 Å². The number of aliphatic imine (C=N–C) groups is 1. The monoisotopic (exact) mass is 476 g/mol. The predicted molar refractivity (Wildman–Crippen MR) is 113 cm³/mol. The van der Waals surface area contributed by atoms with Gasteiger partial charge in [0.15, 0.2) is 11.7 Å². The van der Waals surface area contributed by atoms with Crippen LogP contribution in [0.25, 0.3) is 11.6 Å². The van der Waals surface area contributed by atoms with Crippen LogP contribution in [0, 0.1) is 0 Å². The normalized spacial score (nSPS) is 20.3. The van der Waals surface area contributed by atoms with E-state index >= 15 is 0 Å². The molecule has 0 saturated heterocycles. The summed E-state index contributed by atoms with van der Waals surface area (Å²) in [4.78, 5) is 8.74. The predicted octanol–water partition coefficient (Wildman–Crippen LogP) is 2.67. The summed E-state index contributed by atoms with van der Waals surface area (Å²) in [6.45, 7) is 0.741. The van der Waals surface area contributed by atoms with Crippen molar-refractivity contribution in [2.75, 3.05) is 19.8 Å². The van der Waals surface area contributed by atoms with Crippen molar-refractivity contribution < 1.29 is 4.42 Å². The smallest absolute Gasteiger partial charge is 0.216 e. The third-order valence-electron chi connectivity index (χ3n) is 4.21. The minimum Gasteiger partial charge on any atom is -0.461 e. The van der Waals surface area contributed by atoms with Crippen LogP contribution < -0.4 is 10.6 Å². The third-order valence-corrected chi connectivity index (χ3v) is 5.30. The van der Waals surface area contributed by atoms with Crippen LogP contribution in [0.5, 0.6) is 0 Å². The maximum absolute atomic E-state index is 5.29. The summed E-state index contributed by atoms with van der Waals surface area (Å²) in [7, 11) is 1.81. The highest BCUT2D eigenvalue weighted by Gasteiger charge is 2.24. The van der Waals surface area contributed by atoms with Crippen LogP contribution in [-0.4, -0.2) is 52.3 Å². The topological polar surface area (TPSA) is 91.1 Å². The molecule has 0 aromatic carbocycles. The molecular weight excluding hydrogens is 451 g/mol. The number of nitrogens with one attached hydrogen (secondary N) is 3. The lowest BCUT2D eigenvalue weighted by Crippen LogP contribution is -2.43. The van der Waals surface area contributed by atoms with Gasteiger partial charge in [-0.2, -0.15) is 16.9 Å². The van der Waals surface area contributed by atoms with Gasteiger partial charge in [-0.1, -0.05) is 0 Å². The number of H-pyrrole nitrogens is 1. The van der Waals surface area contributed by atoms with Crippen molar-refractivity contribution in [3.05, 3.63) is 24.2 Å². The lowest BCUT2D eigenvalue weighted by atomic mass is 10.2. The summed E-state index contributed by atoms with van der Waals surface area (Å²) in [6.07, 6.45) is 8.24. The van der Waals surface area contributed by atoms with Gasteiger partial charge in [0, 0.05) is 31.3 Å². The SMILES string of the molecule is CN=C(NCCc1nc(-c2ccco2)n[nH]1)NC1CCC(SC)C1.I. The molecule has 25 heavy (non-hydrogen) atoms. The first kappa shape index (κ1) is 20.1. The molecule has 3 N–H and O–H groups in total. The molecular formula is C16H25IN6OS. The third kappa shape index (κ3) is 5.63. The summed E-state index contributed by atoms with van der Waals surface area (Å²) in [5.41, 5.74) is 0. The molecule has 2 aromatic heterocycles. The van der Waals surface area contributed by atoms with Crippen molar-refractivity contribution in [1.29, 1.82) is 0 Å². The van der Waals surface area contributed by atoms with Crippen molar-refractivity contribution in [3.63, 3.8) is 0 Å². The average molecular weight is 476 g/mol. The number of furan rings is 1. The molecule has 2 unspecified atom stereocenters. The fourth-order valence-electron chi connectivity index (χ4n) is 2.90. The molecule has 7 nitrogen and oxygen atoms in total. The largest absolute Gasteiger partial charge is 0.461 e. The number of aromatic amines is 1. The Morgan fingerprint density at radius 3 is 3.04 bits per heavy atom. The van der Waals surface area contributed by atoms with E-state index in [-0.39, 0.29) is 24.0 Å². The van der Waals surface area contributed by atoms with E-state index in [1.54, 1.807) is 13.3 Å². The zero-order valence-corrected chi connectivity index (χ0v) is 17.6. The maximum atomic E-state index is 5.29. The summed E-state index contributed by atoms with van der Waals surface area (Å²) >= 11 is 1.96. The van der Waals surface area contributed by atoms with Crippen LogP contribution in [-0.2, 0) is 6.42 Å².